The van der Waals surface area contributed by atoms with Crippen LogP contribution in [0.25, 0.3) is 0 Å². The van der Waals surface area contributed by atoms with Gasteiger partial charge in [0.25, 0.3) is 5.91 Å². The van der Waals surface area contributed by atoms with Gasteiger partial charge in [0.05, 0.1) is 0 Å². The number of nitrogens with two attached hydrogens (primary N) is 1. The van der Waals surface area contributed by atoms with E-state index < -0.39 is 6.04 Å². The third-order valence-electron chi connectivity index (χ3n) is 1.82. The SMILES string of the molecule is Cc1csc(=O)n1C(C)C(=O)NN. The van der Waals surface area contributed by atoms with Gasteiger partial charge in [-0.2, -0.15) is 0 Å². The summed E-state index contributed by atoms with van der Waals surface area (Å²) >= 11 is 1.07. The molecule has 0 spiro atoms. The monoisotopic (exact) mass is 201 g/mol. The van der Waals surface area contributed by atoms with Crippen molar-refractivity contribution in [3.05, 3.63) is 20.7 Å². The Morgan fingerprint density at radius 1 is 1.77 bits per heavy atom. The van der Waals surface area contributed by atoms with E-state index in [1.165, 1.54) is 4.57 Å². The number of hydrazine groups is 1. The summed E-state index contributed by atoms with van der Waals surface area (Å²) in [5.74, 6) is 4.60. The average Bonchev–Trinajstić information content (AvgIpc) is 2.44. The van der Waals surface area contributed by atoms with Crippen molar-refractivity contribution in [3.63, 3.8) is 0 Å². The summed E-state index contributed by atoms with van der Waals surface area (Å²) in [7, 11) is 0. The number of hydrogen-bond donors (Lipinski definition) is 2. The predicted octanol–water partition coefficient (Wildman–Crippen LogP) is -0.231. The van der Waals surface area contributed by atoms with Crippen molar-refractivity contribution in [1.29, 1.82) is 0 Å². The van der Waals surface area contributed by atoms with E-state index in [0.717, 1.165) is 17.0 Å². The van der Waals surface area contributed by atoms with Crippen molar-refractivity contribution in [2.24, 2.45) is 5.84 Å². The molecule has 72 valence electrons. The molecule has 0 saturated carbocycles. The van der Waals surface area contributed by atoms with Crippen molar-refractivity contribution in [1.82, 2.24) is 9.99 Å². The zero-order chi connectivity index (χ0) is 10.0. The number of nitrogens with zero attached hydrogens (tertiary/aromatic N) is 1. The lowest BCUT2D eigenvalue weighted by Crippen LogP contribution is -2.38. The first-order valence-corrected chi connectivity index (χ1v) is 4.63. The third-order valence-corrected chi connectivity index (χ3v) is 2.67. The Hall–Kier alpha value is -1.14. The topological polar surface area (TPSA) is 77.1 Å². The Bertz CT molecular complexity index is 368. The number of hydrogen-bond acceptors (Lipinski definition) is 4. The van der Waals surface area contributed by atoms with E-state index in [4.69, 9.17) is 5.84 Å². The molecule has 1 atom stereocenters. The van der Waals surface area contributed by atoms with Gasteiger partial charge in [-0.1, -0.05) is 11.3 Å². The molecule has 1 aromatic rings. The van der Waals surface area contributed by atoms with Crippen LogP contribution in [0.5, 0.6) is 0 Å². The Kier molecular flexibility index (Phi) is 2.84. The number of nitrogens with one attached hydrogen (secondary N) is 1. The number of carbonyl (C=O) groups excluding carboxylic acids is 1. The van der Waals surface area contributed by atoms with Gasteiger partial charge < -0.3 is 0 Å². The molecule has 0 aromatic carbocycles. The third kappa shape index (κ3) is 1.78. The van der Waals surface area contributed by atoms with Crippen LogP contribution in [0, 0.1) is 6.92 Å². The van der Waals surface area contributed by atoms with Crippen LogP contribution in [-0.4, -0.2) is 10.5 Å². The summed E-state index contributed by atoms with van der Waals surface area (Å²) in [6.07, 6.45) is 0. The van der Waals surface area contributed by atoms with Gasteiger partial charge in [-0.05, 0) is 13.8 Å². The average molecular weight is 201 g/mol. The molecule has 1 rings (SSSR count). The van der Waals surface area contributed by atoms with E-state index in [1.54, 1.807) is 19.2 Å². The Balaban J connectivity index is 3.07. The van der Waals surface area contributed by atoms with Gasteiger partial charge >= 0.3 is 4.87 Å². The predicted molar refractivity (Wildman–Crippen MR) is 50.4 cm³/mol. The molecule has 13 heavy (non-hydrogen) atoms. The first-order chi connectivity index (χ1) is 6.07. The smallest absolute Gasteiger partial charge is 0.292 e. The van der Waals surface area contributed by atoms with Gasteiger partial charge in [0, 0.05) is 11.1 Å². The number of amides is 1. The van der Waals surface area contributed by atoms with E-state index in [1.807, 2.05) is 5.43 Å². The number of rotatable bonds is 2. The highest BCUT2D eigenvalue weighted by atomic mass is 32.1. The summed E-state index contributed by atoms with van der Waals surface area (Å²) < 4.78 is 1.41. The molecule has 0 bridgehead atoms. The van der Waals surface area contributed by atoms with Gasteiger partial charge in [0.2, 0.25) is 0 Å². The molecule has 6 heteroatoms. The Morgan fingerprint density at radius 2 is 2.38 bits per heavy atom. The van der Waals surface area contributed by atoms with Crippen LogP contribution in [0.3, 0.4) is 0 Å². The molecule has 3 N–H and O–H groups in total. The lowest BCUT2D eigenvalue weighted by atomic mass is 10.3. The van der Waals surface area contributed by atoms with Gasteiger partial charge in [-0.15, -0.1) is 0 Å². The summed E-state index contributed by atoms with van der Waals surface area (Å²) in [6.45, 7) is 3.40. The standard InChI is InChI=1S/C7H11N3O2S/c1-4-3-13-7(12)10(4)5(2)6(11)9-8/h3,5H,8H2,1-2H3,(H,9,11). The van der Waals surface area contributed by atoms with Crippen LogP contribution in [0.1, 0.15) is 18.7 Å². The van der Waals surface area contributed by atoms with E-state index in [9.17, 15) is 9.59 Å². The van der Waals surface area contributed by atoms with Crippen LogP contribution < -0.4 is 16.1 Å². The van der Waals surface area contributed by atoms with Crippen LogP contribution in [0.2, 0.25) is 0 Å². The first kappa shape index (κ1) is 9.94. The molecule has 0 aliphatic carbocycles. The molecule has 0 radical (unpaired) electrons. The van der Waals surface area contributed by atoms with Crippen LogP contribution >= 0.6 is 11.3 Å². The largest absolute Gasteiger partial charge is 0.308 e. The molecular formula is C7H11N3O2S. The minimum Gasteiger partial charge on any atom is -0.292 e. The van der Waals surface area contributed by atoms with Crippen molar-refractivity contribution in [2.75, 3.05) is 0 Å². The van der Waals surface area contributed by atoms with Crippen molar-refractivity contribution in [3.8, 4) is 0 Å². The number of aromatic nitrogens is 1. The molecule has 0 fully saturated rings. The molecule has 1 aromatic heterocycles. The molecule has 1 unspecified atom stereocenters. The van der Waals surface area contributed by atoms with E-state index in [-0.39, 0.29) is 10.8 Å². The summed E-state index contributed by atoms with van der Waals surface area (Å²) in [5, 5.41) is 1.71. The fraction of sp³-hybridized carbons (Fsp3) is 0.429. The summed E-state index contributed by atoms with van der Waals surface area (Å²) in [6, 6.07) is -0.552. The summed E-state index contributed by atoms with van der Waals surface area (Å²) in [4.78, 5) is 22.2. The maximum atomic E-state index is 11.3. The van der Waals surface area contributed by atoms with Gasteiger partial charge in [0.15, 0.2) is 0 Å². The van der Waals surface area contributed by atoms with E-state index in [2.05, 4.69) is 0 Å². The lowest BCUT2D eigenvalue weighted by molar-refractivity contribution is -0.124. The molecule has 0 aliphatic heterocycles. The Labute approximate surface area is 79.1 Å². The quantitative estimate of drug-likeness (QED) is 0.394. The maximum Gasteiger partial charge on any atom is 0.308 e. The minimum atomic E-state index is -0.552. The summed E-state index contributed by atoms with van der Waals surface area (Å²) in [5.41, 5.74) is 2.78. The molecule has 1 heterocycles. The zero-order valence-electron chi connectivity index (χ0n) is 7.40. The van der Waals surface area contributed by atoms with Crippen LogP contribution in [0.4, 0.5) is 0 Å². The molecule has 1 amide bonds. The highest BCUT2D eigenvalue weighted by Crippen LogP contribution is 2.08. The number of thiazole rings is 1. The van der Waals surface area contributed by atoms with Crippen LogP contribution in [-0.2, 0) is 4.79 Å². The highest BCUT2D eigenvalue weighted by molar-refractivity contribution is 7.07. The van der Waals surface area contributed by atoms with Crippen molar-refractivity contribution in [2.45, 2.75) is 19.9 Å². The maximum absolute atomic E-state index is 11.3. The van der Waals surface area contributed by atoms with Crippen LogP contribution in [0.15, 0.2) is 10.2 Å². The fourth-order valence-corrected chi connectivity index (χ4v) is 1.90. The molecular weight excluding hydrogens is 190 g/mol. The van der Waals surface area contributed by atoms with Gasteiger partial charge in [-0.3, -0.25) is 19.6 Å². The van der Waals surface area contributed by atoms with E-state index >= 15 is 0 Å². The van der Waals surface area contributed by atoms with Crippen molar-refractivity contribution >= 4 is 17.2 Å². The molecule has 0 aliphatic rings. The fourth-order valence-electron chi connectivity index (χ4n) is 1.09. The lowest BCUT2D eigenvalue weighted by Gasteiger charge is -2.11. The normalized spacial score (nSPS) is 12.5. The zero-order valence-corrected chi connectivity index (χ0v) is 8.22. The Morgan fingerprint density at radius 3 is 2.77 bits per heavy atom. The van der Waals surface area contributed by atoms with Gasteiger partial charge in [0.1, 0.15) is 6.04 Å². The highest BCUT2D eigenvalue weighted by Gasteiger charge is 2.17. The number of aryl methyl sites for hydroxylation is 1. The minimum absolute atomic E-state index is 0.145. The van der Waals surface area contributed by atoms with E-state index in [0.29, 0.717) is 0 Å². The molecule has 0 saturated heterocycles. The second-order valence-corrected chi connectivity index (χ2v) is 3.52. The second kappa shape index (κ2) is 3.71. The van der Waals surface area contributed by atoms with Crippen molar-refractivity contribution < 1.29 is 4.79 Å². The number of carbonyl (C=O) groups is 1. The van der Waals surface area contributed by atoms with Gasteiger partial charge in [-0.25, -0.2) is 5.84 Å². The molecule has 5 nitrogen and oxygen atoms in total. The second-order valence-electron chi connectivity index (χ2n) is 2.70. The first-order valence-electron chi connectivity index (χ1n) is 3.75.